The highest BCUT2D eigenvalue weighted by atomic mass is 31.2. The normalized spacial score (nSPS) is 13.6. The van der Waals surface area contributed by atoms with Crippen LogP contribution in [-0.4, -0.2) is 74.9 Å². The predicted octanol–water partition coefficient (Wildman–Crippen LogP) is 26.4. The van der Waals surface area contributed by atoms with Crippen molar-refractivity contribution in [2.45, 2.75) is 367 Å². The summed E-state index contributed by atoms with van der Waals surface area (Å²) < 4.78 is 34.8. The third-order valence-electron chi connectivity index (χ3n) is 17.3. The van der Waals surface area contributed by atoms with Gasteiger partial charge >= 0.3 is 19.8 Å². The topological polar surface area (TPSA) is 108 Å². The molecule has 0 heterocycles. The zero-order valence-corrected chi connectivity index (χ0v) is 63.1. The summed E-state index contributed by atoms with van der Waals surface area (Å²) in [5.74, 6) is -0.782. The lowest BCUT2D eigenvalue weighted by Crippen LogP contribution is -2.37. The number of phosphoric acid groups is 1. The minimum atomic E-state index is -4.40. The summed E-state index contributed by atoms with van der Waals surface area (Å²) >= 11 is 0. The fourth-order valence-electron chi connectivity index (χ4n) is 11.3. The summed E-state index contributed by atoms with van der Waals surface area (Å²) in [6.07, 6.45) is 105. The molecular formula is C84H151NO8P+. The first-order valence-corrected chi connectivity index (χ1v) is 41.1. The maximum atomic E-state index is 12.9. The number of hydrogen-bond acceptors (Lipinski definition) is 7. The first kappa shape index (κ1) is 90.7. The van der Waals surface area contributed by atoms with E-state index in [1.165, 1.54) is 244 Å². The number of hydrogen-bond donors (Lipinski definition) is 1. The van der Waals surface area contributed by atoms with Crippen molar-refractivity contribution in [1.29, 1.82) is 0 Å². The molecule has 0 aliphatic heterocycles. The van der Waals surface area contributed by atoms with Gasteiger partial charge in [0.2, 0.25) is 0 Å². The zero-order valence-electron chi connectivity index (χ0n) is 62.2. The molecule has 2 atom stereocenters. The summed E-state index contributed by atoms with van der Waals surface area (Å²) in [5, 5.41) is 0. The van der Waals surface area contributed by atoms with Crippen LogP contribution in [0.2, 0.25) is 0 Å². The molecule has 0 bridgehead atoms. The molecule has 0 rings (SSSR count). The predicted molar refractivity (Wildman–Crippen MR) is 408 cm³/mol. The van der Waals surface area contributed by atoms with Gasteiger partial charge in [0.05, 0.1) is 27.7 Å². The van der Waals surface area contributed by atoms with E-state index in [1.807, 2.05) is 21.1 Å². The van der Waals surface area contributed by atoms with Crippen molar-refractivity contribution in [3.63, 3.8) is 0 Å². The van der Waals surface area contributed by atoms with E-state index in [9.17, 15) is 19.0 Å². The van der Waals surface area contributed by atoms with E-state index in [2.05, 4.69) is 123 Å². The molecular weight excluding hydrogens is 1180 g/mol. The summed E-state index contributed by atoms with van der Waals surface area (Å²) in [6.45, 7) is 4.36. The van der Waals surface area contributed by atoms with Crippen molar-refractivity contribution in [1.82, 2.24) is 0 Å². The quantitative estimate of drug-likeness (QED) is 0.0211. The summed E-state index contributed by atoms with van der Waals surface area (Å²) in [7, 11) is 1.49. The molecule has 0 aliphatic rings. The van der Waals surface area contributed by atoms with Crippen LogP contribution in [-0.2, 0) is 32.7 Å². The van der Waals surface area contributed by atoms with Gasteiger partial charge in [-0.3, -0.25) is 18.6 Å². The van der Waals surface area contributed by atoms with Gasteiger partial charge in [-0.2, -0.15) is 0 Å². The van der Waals surface area contributed by atoms with Crippen molar-refractivity contribution in [3.8, 4) is 0 Å². The number of carbonyl (C=O) groups excluding carboxylic acids is 2. The molecule has 94 heavy (non-hydrogen) atoms. The molecule has 0 aliphatic carbocycles. The highest BCUT2D eigenvalue weighted by molar-refractivity contribution is 7.47. The highest BCUT2D eigenvalue weighted by Gasteiger charge is 2.27. The molecule has 0 saturated carbocycles. The Hall–Kier alpha value is -3.33. The average molecular weight is 1330 g/mol. The SMILES string of the molecule is CC/C=C\C/C=C\C/C=C\C/C=C\C/C=C\C/C=C\C/C=C\CCCCCCCCCCCCCCCCCCCCCC(=O)OC(COC(=O)CCCCCCCCCCCCCCCCCCC/C=C\C/C=C\CCCCCCC)COP(=O)(O)OCC[N+](C)(C)C. The van der Waals surface area contributed by atoms with Crippen molar-refractivity contribution >= 4 is 19.8 Å². The van der Waals surface area contributed by atoms with E-state index < -0.39 is 26.5 Å². The standard InChI is InChI=1S/C84H150NO8P/c1-6-8-10-12-14-16-18-20-22-24-26-28-30-32-34-36-37-38-39-40-41-42-43-44-45-46-47-49-51-53-55-57-59-61-63-65-67-69-71-73-75-77-84(87)93-82(81-92-94(88,89)91-79-78-85(3,4)5)80-90-83(86)76-74-72-70-68-66-64-62-60-58-56-54-52-50-48-35-33-31-29-27-25-23-21-19-17-15-13-11-9-7-2/h8,10,14,16,19-22,25-28,32,34,37-38,40-41,82H,6-7,9,11-13,15,17-18,23-24,29-31,33,35-36,39,42-81H2,1-5H3/p+1/b10-8-,16-14-,21-19-,22-20-,27-25-,28-26-,34-32-,38-37-,41-40-. The second-order valence-electron chi connectivity index (χ2n) is 27.7. The van der Waals surface area contributed by atoms with Crippen LogP contribution in [0.5, 0.6) is 0 Å². The number of rotatable bonds is 73. The van der Waals surface area contributed by atoms with Crippen molar-refractivity contribution in [2.75, 3.05) is 47.5 Å². The fourth-order valence-corrected chi connectivity index (χ4v) is 12.0. The lowest BCUT2D eigenvalue weighted by molar-refractivity contribution is -0.870. The molecule has 0 aromatic carbocycles. The van der Waals surface area contributed by atoms with Gasteiger partial charge in [0, 0.05) is 12.8 Å². The van der Waals surface area contributed by atoms with Crippen LogP contribution >= 0.6 is 7.82 Å². The van der Waals surface area contributed by atoms with E-state index >= 15 is 0 Å². The van der Waals surface area contributed by atoms with Gasteiger partial charge in [0.1, 0.15) is 19.8 Å². The van der Waals surface area contributed by atoms with Crippen molar-refractivity contribution in [3.05, 3.63) is 109 Å². The molecule has 0 spiro atoms. The van der Waals surface area contributed by atoms with Gasteiger partial charge in [0.15, 0.2) is 6.10 Å². The summed E-state index contributed by atoms with van der Waals surface area (Å²) in [6, 6.07) is 0. The monoisotopic (exact) mass is 1330 g/mol. The molecule has 2 unspecified atom stereocenters. The van der Waals surface area contributed by atoms with Crippen LogP contribution in [0, 0.1) is 0 Å². The van der Waals surface area contributed by atoms with E-state index in [-0.39, 0.29) is 32.0 Å². The van der Waals surface area contributed by atoms with Crippen LogP contribution in [0.15, 0.2) is 109 Å². The number of nitrogens with zero attached hydrogens (tertiary/aromatic N) is 1. The number of unbranched alkanes of at least 4 members (excludes halogenated alkanes) is 41. The zero-order chi connectivity index (χ0) is 68.3. The van der Waals surface area contributed by atoms with Gasteiger partial charge in [-0.1, -0.05) is 354 Å². The smallest absolute Gasteiger partial charge is 0.462 e. The maximum Gasteiger partial charge on any atom is 0.472 e. The molecule has 0 fully saturated rings. The van der Waals surface area contributed by atoms with Crippen LogP contribution in [0.25, 0.3) is 0 Å². The second kappa shape index (κ2) is 73.9. The Morgan fingerprint density at radius 2 is 0.606 bits per heavy atom. The first-order chi connectivity index (χ1) is 46.0. The Labute approximate surface area is 582 Å². The molecule has 9 nitrogen and oxygen atoms in total. The number of carbonyl (C=O) groups is 2. The molecule has 0 aromatic heterocycles. The minimum absolute atomic E-state index is 0.0310. The number of quaternary nitrogens is 1. The molecule has 544 valence electrons. The molecule has 0 amide bonds. The molecule has 10 heteroatoms. The maximum absolute atomic E-state index is 12.9. The Balaban J connectivity index is 3.95. The third kappa shape index (κ3) is 77.7. The minimum Gasteiger partial charge on any atom is -0.462 e. The lowest BCUT2D eigenvalue weighted by Gasteiger charge is -2.24. The third-order valence-corrected chi connectivity index (χ3v) is 18.3. The molecule has 0 aromatic rings. The Morgan fingerprint density at radius 1 is 0.340 bits per heavy atom. The number of esters is 2. The Morgan fingerprint density at radius 3 is 0.904 bits per heavy atom. The van der Waals surface area contributed by atoms with Crippen LogP contribution in [0.3, 0.4) is 0 Å². The van der Waals surface area contributed by atoms with E-state index in [1.54, 1.807) is 0 Å². The number of likely N-dealkylation sites (N-methyl/N-ethyl adjacent to an activating group) is 1. The number of ether oxygens (including phenoxy) is 2. The molecule has 1 N–H and O–H groups in total. The second-order valence-corrected chi connectivity index (χ2v) is 29.2. The Bertz CT molecular complexity index is 1960. The summed E-state index contributed by atoms with van der Waals surface area (Å²) in [5.41, 5.74) is 0. The van der Waals surface area contributed by atoms with Gasteiger partial charge < -0.3 is 18.9 Å². The molecule has 0 radical (unpaired) electrons. The van der Waals surface area contributed by atoms with Gasteiger partial charge in [-0.15, -0.1) is 0 Å². The van der Waals surface area contributed by atoms with Crippen LogP contribution in [0.1, 0.15) is 361 Å². The van der Waals surface area contributed by atoms with E-state index in [0.717, 1.165) is 83.5 Å². The Kier molecular flexibility index (Phi) is 71.3. The first-order valence-electron chi connectivity index (χ1n) is 39.6. The largest absolute Gasteiger partial charge is 0.472 e. The van der Waals surface area contributed by atoms with Crippen LogP contribution < -0.4 is 0 Å². The fraction of sp³-hybridized carbons (Fsp3) is 0.762. The van der Waals surface area contributed by atoms with Crippen molar-refractivity contribution in [2.24, 2.45) is 0 Å². The van der Waals surface area contributed by atoms with Crippen LogP contribution in [0.4, 0.5) is 0 Å². The van der Waals surface area contributed by atoms with Gasteiger partial charge in [-0.05, 0) is 103 Å². The van der Waals surface area contributed by atoms with Gasteiger partial charge in [0.25, 0.3) is 0 Å². The van der Waals surface area contributed by atoms with Gasteiger partial charge in [-0.25, -0.2) is 4.57 Å². The van der Waals surface area contributed by atoms with Crippen molar-refractivity contribution < 1.29 is 42.1 Å². The number of phosphoric ester groups is 1. The summed E-state index contributed by atoms with van der Waals surface area (Å²) in [4.78, 5) is 36.0. The number of allylic oxidation sites excluding steroid dienone is 18. The van der Waals surface area contributed by atoms with E-state index in [4.69, 9.17) is 18.5 Å². The lowest BCUT2D eigenvalue weighted by atomic mass is 10.0. The average Bonchev–Trinajstić information content (AvgIpc) is 1.57. The highest BCUT2D eigenvalue weighted by Crippen LogP contribution is 2.43. The van der Waals surface area contributed by atoms with E-state index in [0.29, 0.717) is 17.4 Å². The molecule has 0 saturated heterocycles.